The number of nitrogens with one attached hydrogen (secondary N) is 2. The van der Waals surface area contributed by atoms with Crippen molar-refractivity contribution in [3.8, 4) is 11.1 Å². The molecule has 0 atom stereocenters. The van der Waals surface area contributed by atoms with Gasteiger partial charge in [0.15, 0.2) is 0 Å². The number of carbonyl (C=O) groups excluding carboxylic acids is 2. The topological polar surface area (TPSA) is 85.4 Å². The largest absolute Gasteiger partial charge is 0.361 e. The summed E-state index contributed by atoms with van der Waals surface area (Å²) in [5, 5.41) is 9.73. The van der Waals surface area contributed by atoms with Crippen molar-refractivity contribution in [2.45, 2.75) is 32.1 Å². The molecule has 6 nitrogen and oxygen atoms in total. The van der Waals surface area contributed by atoms with E-state index in [-0.39, 0.29) is 18.1 Å². The van der Waals surface area contributed by atoms with Gasteiger partial charge < -0.3 is 9.88 Å². The third-order valence-corrected chi connectivity index (χ3v) is 6.06. The van der Waals surface area contributed by atoms with E-state index in [4.69, 9.17) is 5.21 Å². The summed E-state index contributed by atoms with van der Waals surface area (Å²) in [5.74, 6) is -0.970. The molecule has 3 aromatic carbocycles. The Labute approximate surface area is 203 Å². The van der Waals surface area contributed by atoms with Crippen LogP contribution < -0.4 is 10.4 Å². The van der Waals surface area contributed by atoms with Gasteiger partial charge in [-0.25, -0.2) is 9.87 Å². The minimum atomic E-state index is -0.395. The summed E-state index contributed by atoms with van der Waals surface area (Å²) < 4.78 is 13.4. The summed E-state index contributed by atoms with van der Waals surface area (Å²) in [6.45, 7) is 0.496. The molecule has 7 heteroatoms. The molecule has 0 saturated heterocycles. The van der Waals surface area contributed by atoms with Crippen LogP contribution in [0.25, 0.3) is 22.0 Å². The monoisotopic (exact) mass is 473 g/mol. The van der Waals surface area contributed by atoms with E-state index in [9.17, 15) is 14.0 Å². The van der Waals surface area contributed by atoms with Gasteiger partial charge in [-0.3, -0.25) is 14.8 Å². The van der Waals surface area contributed by atoms with E-state index >= 15 is 0 Å². The lowest BCUT2D eigenvalue weighted by atomic mass is 10.0. The highest BCUT2D eigenvalue weighted by Crippen LogP contribution is 2.27. The van der Waals surface area contributed by atoms with E-state index < -0.39 is 5.91 Å². The van der Waals surface area contributed by atoms with E-state index in [1.165, 1.54) is 24.3 Å². The van der Waals surface area contributed by atoms with Gasteiger partial charge >= 0.3 is 0 Å². The third-order valence-electron chi connectivity index (χ3n) is 6.06. The van der Waals surface area contributed by atoms with Crippen LogP contribution in [0.4, 0.5) is 10.1 Å². The molecular formula is C28H28FN3O3. The molecule has 0 fully saturated rings. The zero-order valence-corrected chi connectivity index (χ0v) is 19.3. The fraction of sp³-hybridized carbons (Fsp3) is 0.214. The highest BCUT2D eigenvalue weighted by Gasteiger charge is 2.18. The van der Waals surface area contributed by atoms with Gasteiger partial charge in [0.1, 0.15) is 5.82 Å². The fourth-order valence-corrected chi connectivity index (χ4v) is 4.12. The molecule has 4 aromatic rings. The number of benzene rings is 3. The number of H-pyrrole nitrogens is 1. The van der Waals surface area contributed by atoms with Gasteiger partial charge in [0.2, 0.25) is 5.91 Å². The summed E-state index contributed by atoms with van der Waals surface area (Å²) in [6, 6.07) is 21.7. The Morgan fingerprint density at radius 3 is 2.31 bits per heavy atom. The first kappa shape index (κ1) is 24.2. The Bertz CT molecular complexity index is 1280. The average Bonchev–Trinajstić information content (AvgIpc) is 3.36. The van der Waals surface area contributed by atoms with Crippen LogP contribution in [-0.2, 0) is 4.79 Å². The van der Waals surface area contributed by atoms with Crippen LogP contribution in [0.15, 0.2) is 79.0 Å². The molecule has 4 rings (SSSR count). The summed E-state index contributed by atoms with van der Waals surface area (Å²) in [5.41, 5.74) is 6.01. The Morgan fingerprint density at radius 2 is 1.57 bits per heavy atom. The smallest absolute Gasteiger partial charge is 0.258 e. The quantitative estimate of drug-likeness (QED) is 0.148. The number of anilines is 1. The average molecular weight is 474 g/mol. The molecule has 0 aliphatic heterocycles. The first-order valence-electron chi connectivity index (χ1n) is 11.7. The molecule has 0 saturated carbocycles. The molecule has 2 amide bonds. The van der Waals surface area contributed by atoms with Crippen molar-refractivity contribution in [2.75, 3.05) is 11.4 Å². The Morgan fingerprint density at radius 1 is 0.857 bits per heavy atom. The molecule has 0 aliphatic carbocycles. The number of nitrogens with zero attached hydrogens (tertiary/aromatic N) is 1. The molecule has 0 bridgehead atoms. The number of hydrogen-bond donors (Lipinski definition) is 3. The highest BCUT2D eigenvalue weighted by atomic mass is 19.1. The van der Waals surface area contributed by atoms with Crippen LogP contribution in [0.2, 0.25) is 0 Å². The van der Waals surface area contributed by atoms with E-state index in [1.54, 1.807) is 10.4 Å². The Balaban J connectivity index is 1.48. The minimum absolute atomic E-state index is 0.190. The van der Waals surface area contributed by atoms with E-state index in [1.807, 2.05) is 36.5 Å². The van der Waals surface area contributed by atoms with Crippen LogP contribution in [0, 0.1) is 5.82 Å². The maximum atomic E-state index is 13.4. The predicted octanol–water partition coefficient (Wildman–Crippen LogP) is 6.08. The highest BCUT2D eigenvalue weighted by molar-refractivity contribution is 6.06. The molecular weight excluding hydrogens is 445 g/mol. The zero-order chi connectivity index (χ0) is 24.6. The number of hydroxylamine groups is 1. The van der Waals surface area contributed by atoms with Crippen molar-refractivity contribution in [1.29, 1.82) is 0 Å². The molecule has 0 radical (unpaired) electrons. The maximum absolute atomic E-state index is 13.4. The first-order chi connectivity index (χ1) is 17.0. The van der Waals surface area contributed by atoms with Gasteiger partial charge in [0.25, 0.3) is 5.91 Å². The van der Waals surface area contributed by atoms with Gasteiger partial charge in [-0.2, -0.15) is 0 Å². The second kappa shape index (κ2) is 11.4. The lowest BCUT2D eigenvalue weighted by Gasteiger charge is -2.23. The maximum Gasteiger partial charge on any atom is 0.258 e. The number of fused-ring (bicyclic) bond motifs is 1. The van der Waals surface area contributed by atoms with Gasteiger partial charge in [-0.15, -0.1) is 0 Å². The van der Waals surface area contributed by atoms with Crippen LogP contribution in [0.1, 0.15) is 42.5 Å². The number of unbranched alkanes of at least 4 members (excludes halogenated alkanes) is 3. The van der Waals surface area contributed by atoms with Crippen LogP contribution in [0.3, 0.4) is 0 Å². The van der Waals surface area contributed by atoms with Crippen molar-refractivity contribution in [1.82, 2.24) is 10.5 Å². The second-order valence-electron chi connectivity index (χ2n) is 8.49. The molecule has 35 heavy (non-hydrogen) atoms. The van der Waals surface area contributed by atoms with Crippen LogP contribution in [-0.4, -0.2) is 28.6 Å². The Hall–Kier alpha value is -3.97. The molecule has 1 heterocycles. The van der Waals surface area contributed by atoms with Crippen molar-refractivity contribution >= 4 is 28.4 Å². The normalized spacial score (nSPS) is 10.9. The lowest BCUT2D eigenvalue weighted by molar-refractivity contribution is -0.129. The first-order valence-corrected chi connectivity index (χ1v) is 11.7. The standard InChI is InChI=1S/C28H28FN3O3/c29-24-12-8-22(9-13-24)28(34)32(18-4-2-1-3-5-27(33)31-35)25-14-10-20(11-15-25)23-7-6-21-16-17-30-26(21)19-23/h6-17,19,30,35H,1-5,18H2,(H,31,33). The summed E-state index contributed by atoms with van der Waals surface area (Å²) in [7, 11) is 0. The molecule has 0 unspecified atom stereocenters. The van der Waals surface area contributed by atoms with E-state index in [0.717, 1.165) is 47.0 Å². The van der Waals surface area contributed by atoms with Crippen molar-refractivity contribution < 1.29 is 19.2 Å². The van der Waals surface area contributed by atoms with E-state index in [0.29, 0.717) is 18.5 Å². The SMILES string of the molecule is O=C(CCCCCCN(C(=O)c1ccc(F)cc1)c1ccc(-c2ccc3cc[nH]c3c2)cc1)NO. The number of carbonyl (C=O) groups is 2. The van der Waals surface area contributed by atoms with Crippen molar-refractivity contribution in [3.63, 3.8) is 0 Å². The van der Waals surface area contributed by atoms with Crippen LogP contribution >= 0.6 is 0 Å². The van der Waals surface area contributed by atoms with E-state index in [2.05, 4.69) is 23.2 Å². The van der Waals surface area contributed by atoms with Gasteiger partial charge in [-0.1, -0.05) is 37.1 Å². The van der Waals surface area contributed by atoms with Gasteiger partial charge in [0.05, 0.1) is 0 Å². The number of rotatable bonds is 10. The number of halogens is 1. The number of aromatic nitrogens is 1. The molecule has 3 N–H and O–H groups in total. The molecule has 0 aliphatic rings. The summed E-state index contributed by atoms with van der Waals surface area (Å²) >= 11 is 0. The summed E-state index contributed by atoms with van der Waals surface area (Å²) in [4.78, 5) is 29.4. The number of aromatic amines is 1. The number of amides is 2. The number of hydrogen-bond acceptors (Lipinski definition) is 3. The van der Waals surface area contributed by atoms with Crippen molar-refractivity contribution in [2.24, 2.45) is 0 Å². The Kier molecular flexibility index (Phi) is 7.90. The van der Waals surface area contributed by atoms with Gasteiger partial charge in [-0.05, 0) is 77.9 Å². The minimum Gasteiger partial charge on any atom is -0.361 e. The lowest BCUT2D eigenvalue weighted by Crippen LogP contribution is -2.32. The third kappa shape index (κ3) is 6.13. The molecule has 180 valence electrons. The summed E-state index contributed by atoms with van der Waals surface area (Å²) in [6.07, 6.45) is 5.24. The molecule has 1 aromatic heterocycles. The predicted molar refractivity (Wildman–Crippen MR) is 135 cm³/mol. The molecule has 0 spiro atoms. The van der Waals surface area contributed by atoms with Crippen LogP contribution in [0.5, 0.6) is 0 Å². The second-order valence-corrected chi connectivity index (χ2v) is 8.49. The van der Waals surface area contributed by atoms with Crippen molar-refractivity contribution in [3.05, 3.63) is 90.4 Å². The van der Waals surface area contributed by atoms with Gasteiger partial charge in [0, 0.05) is 35.9 Å². The fourth-order valence-electron chi connectivity index (χ4n) is 4.12. The zero-order valence-electron chi connectivity index (χ0n) is 19.3.